The quantitative estimate of drug-likeness (QED) is 0.399. The van der Waals surface area contributed by atoms with E-state index in [1.165, 1.54) is 0 Å². The summed E-state index contributed by atoms with van der Waals surface area (Å²) in [6.07, 6.45) is 6.26. The third-order valence-electron chi connectivity index (χ3n) is 2.35. The molecule has 0 rings (SSSR count). The maximum Gasteiger partial charge on any atom is 0.162 e. The van der Waals surface area contributed by atoms with Crippen LogP contribution in [0.25, 0.3) is 0 Å². The summed E-state index contributed by atoms with van der Waals surface area (Å²) in [5.74, 6) is -1.44. The minimum Gasteiger partial charge on any atom is -0.366 e. The molecular weight excluding hydrogens is 166 g/mol. The van der Waals surface area contributed by atoms with Crippen molar-refractivity contribution < 1.29 is 10.2 Å². The minimum absolute atomic E-state index is 0.413. The Labute approximate surface area is 81.0 Å². The van der Waals surface area contributed by atoms with Crippen molar-refractivity contribution in [2.45, 2.75) is 57.7 Å². The molecule has 80 valence electrons. The molecule has 0 atom stereocenters. The SMILES string of the molecule is CCC(O)(O)CCCCCCCN. The topological polar surface area (TPSA) is 66.5 Å². The maximum absolute atomic E-state index is 9.26. The zero-order valence-corrected chi connectivity index (χ0v) is 8.63. The van der Waals surface area contributed by atoms with Crippen molar-refractivity contribution in [3.8, 4) is 0 Å². The summed E-state index contributed by atoms with van der Waals surface area (Å²) in [7, 11) is 0. The summed E-state index contributed by atoms with van der Waals surface area (Å²) >= 11 is 0. The second-order valence-corrected chi connectivity index (χ2v) is 3.64. The fourth-order valence-electron chi connectivity index (χ4n) is 1.26. The number of rotatable bonds is 8. The van der Waals surface area contributed by atoms with Crippen LogP contribution in [0.15, 0.2) is 0 Å². The second-order valence-electron chi connectivity index (χ2n) is 3.64. The monoisotopic (exact) mass is 189 g/mol. The lowest BCUT2D eigenvalue weighted by atomic mass is 10.0. The van der Waals surface area contributed by atoms with E-state index >= 15 is 0 Å². The number of hydrogen-bond acceptors (Lipinski definition) is 3. The summed E-state index contributed by atoms with van der Waals surface area (Å²) < 4.78 is 0. The van der Waals surface area contributed by atoms with Crippen LogP contribution >= 0.6 is 0 Å². The highest BCUT2D eigenvalue weighted by molar-refractivity contribution is 4.61. The van der Waals surface area contributed by atoms with Gasteiger partial charge in [-0.25, -0.2) is 0 Å². The molecule has 0 bridgehead atoms. The van der Waals surface area contributed by atoms with E-state index in [1.54, 1.807) is 6.92 Å². The fourth-order valence-corrected chi connectivity index (χ4v) is 1.26. The van der Waals surface area contributed by atoms with Gasteiger partial charge in [-0.3, -0.25) is 0 Å². The van der Waals surface area contributed by atoms with Gasteiger partial charge in [0.05, 0.1) is 0 Å². The Morgan fingerprint density at radius 1 is 1.00 bits per heavy atom. The van der Waals surface area contributed by atoms with Crippen LogP contribution in [0.3, 0.4) is 0 Å². The van der Waals surface area contributed by atoms with E-state index in [0.29, 0.717) is 12.8 Å². The lowest BCUT2D eigenvalue weighted by Gasteiger charge is -2.19. The van der Waals surface area contributed by atoms with Gasteiger partial charge in [-0.2, -0.15) is 0 Å². The van der Waals surface area contributed by atoms with Gasteiger partial charge in [0.15, 0.2) is 5.79 Å². The molecule has 13 heavy (non-hydrogen) atoms. The molecule has 0 amide bonds. The van der Waals surface area contributed by atoms with Crippen LogP contribution in [0, 0.1) is 0 Å². The summed E-state index contributed by atoms with van der Waals surface area (Å²) in [6, 6.07) is 0. The highest BCUT2D eigenvalue weighted by Gasteiger charge is 2.18. The van der Waals surface area contributed by atoms with Crippen molar-refractivity contribution in [2.75, 3.05) is 6.54 Å². The standard InChI is InChI=1S/C10H23NO2/c1-2-10(12,13)8-6-4-3-5-7-9-11/h12-13H,2-9,11H2,1H3. The van der Waals surface area contributed by atoms with Crippen LogP contribution in [0.2, 0.25) is 0 Å². The molecule has 0 aliphatic heterocycles. The highest BCUT2D eigenvalue weighted by atomic mass is 16.5. The van der Waals surface area contributed by atoms with Crippen molar-refractivity contribution in [1.29, 1.82) is 0 Å². The Morgan fingerprint density at radius 3 is 2.08 bits per heavy atom. The fraction of sp³-hybridized carbons (Fsp3) is 1.00. The average Bonchev–Trinajstić information content (AvgIpc) is 2.11. The number of nitrogens with two attached hydrogens (primary N) is 1. The first-order chi connectivity index (χ1) is 6.12. The van der Waals surface area contributed by atoms with Crippen LogP contribution in [-0.2, 0) is 0 Å². The molecule has 4 N–H and O–H groups in total. The van der Waals surface area contributed by atoms with E-state index in [-0.39, 0.29) is 0 Å². The molecule has 0 heterocycles. The predicted molar refractivity (Wildman–Crippen MR) is 54.2 cm³/mol. The van der Waals surface area contributed by atoms with Crippen LogP contribution in [0.4, 0.5) is 0 Å². The molecular formula is C10H23NO2. The average molecular weight is 189 g/mol. The van der Waals surface area contributed by atoms with Crippen LogP contribution in [-0.4, -0.2) is 22.5 Å². The summed E-state index contributed by atoms with van der Waals surface area (Å²) in [5, 5.41) is 18.5. The van der Waals surface area contributed by atoms with Crippen molar-refractivity contribution >= 4 is 0 Å². The second kappa shape index (κ2) is 7.30. The van der Waals surface area contributed by atoms with Crippen molar-refractivity contribution in [3.63, 3.8) is 0 Å². The third kappa shape index (κ3) is 8.22. The molecule has 0 radical (unpaired) electrons. The van der Waals surface area contributed by atoms with E-state index in [9.17, 15) is 10.2 Å². The van der Waals surface area contributed by atoms with Crippen LogP contribution in [0.5, 0.6) is 0 Å². The Morgan fingerprint density at radius 2 is 1.54 bits per heavy atom. The van der Waals surface area contributed by atoms with Gasteiger partial charge in [0.1, 0.15) is 0 Å². The minimum atomic E-state index is -1.44. The normalized spacial score (nSPS) is 12.0. The molecule has 0 unspecified atom stereocenters. The molecule has 0 aromatic carbocycles. The van der Waals surface area contributed by atoms with Crippen molar-refractivity contribution in [1.82, 2.24) is 0 Å². The third-order valence-corrected chi connectivity index (χ3v) is 2.35. The molecule has 3 nitrogen and oxygen atoms in total. The van der Waals surface area contributed by atoms with Gasteiger partial charge >= 0.3 is 0 Å². The van der Waals surface area contributed by atoms with E-state index in [4.69, 9.17) is 5.73 Å². The van der Waals surface area contributed by atoms with E-state index in [0.717, 1.165) is 38.6 Å². The molecule has 3 heteroatoms. The van der Waals surface area contributed by atoms with Gasteiger partial charge in [0.2, 0.25) is 0 Å². The number of aliphatic hydroxyl groups is 2. The van der Waals surface area contributed by atoms with E-state index < -0.39 is 5.79 Å². The van der Waals surface area contributed by atoms with Gasteiger partial charge in [0, 0.05) is 6.42 Å². The Bertz CT molecular complexity index is 115. The Hall–Kier alpha value is -0.120. The molecule has 0 aliphatic carbocycles. The Kier molecular flexibility index (Phi) is 7.23. The molecule has 0 aliphatic rings. The molecule has 0 aromatic heterocycles. The molecule has 0 saturated heterocycles. The summed E-state index contributed by atoms with van der Waals surface area (Å²) in [4.78, 5) is 0. The first-order valence-electron chi connectivity index (χ1n) is 5.27. The summed E-state index contributed by atoms with van der Waals surface area (Å²) in [6.45, 7) is 2.55. The lowest BCUT2D eigenvalue weighted by molar-refractivity contribution is -0.167. The molecule has 0 fully saturated rings. The zero-order valence-electron chi connectivity index (χ0n) is 8.63. The van der Waals surface area contributed by atoms with Crippen molar-refractivity contribution in [2.24, 2.45) is 5.73 Å². The van der Waals surface area contributed by atoms with Gasteiger partial charge in [-0.05, 0) is 25.8 Å². The van der Waals surface area contributed by atoms with Gasteiger partial charge < -0.3 is 15.9 Å². The Balaban J connectivity index is 3.16. The van der Waals surface area contributed by atoms with E-state index in [1.807, 2.05) is 0 Å². The van der Waals surface area contributed by atoms with Crippen molar-refractivity contribution in [3.05, 3.63) is 0 Å². The predicted octanol–water partition coefficient (Wildman–Crippen LogP) is 1.38. The first-order valence-corrected chi connectivity index (χ1v) is 5.27. The lowest BCUT2D eigenvalue weighted by Crippen LogP contribution is -2.26. The zero-order chi connectivity index (χ0) is 10.2. The van der Waals surface area contributed by atoms with Gasteiger partial charge in [-0.15, -0.1) is 0 Å². The molecule has 0 aromatic rings. The number of hydrogen-bond donors (Lipinski definition) is 3. The van der Waals surface area contributed by atoms with Gasteiger partial charge in [0.25, 0.3) is 0 Å². The van der Waals surface area contributed by atoms with E-state index in [2.05, 4.69) is 0 Å². The molecule has 0 spiro atoms. The first kappa shape index (κ1) is 12.9. The smallest absolute Gasteiger partial charge is 0.162 e. The largest absolute Gasteiger partial charge is 0.366 e. The highest BCUT2D eigenvalue weighted by Crippen LogP contribution is 2.15. The number of unbranched alkanes of at least 4 members (excludes halogenated alkanes) is 4. The van der Waals surface area contributed by atoms with Gasteiger partial charge in [-0.1, -0.05) is 26.2 Å². The van der Waals surface area contributed by atoms with Crippen LogP contribution in [0.1, 0.15) is 51.9 Å². The summed E-state index contributed by atoms with van der Waals surface area (Å²) in [5.41, 5.74) is 5.35. The maximum atomic E-state index is 9.26. The molecule has 0 saturated carbocycles. The van der Waals surface area contributed by atoms with Crippen LogP contribution < -0.4 is 5.73 Å².